The van der Waals surface area contributed by atoms with Gasteiger partial charge in [-0.15, -0.1) is 0 Å². The van der Waals surface area contributed by atoms with Crippen LogP contribution < -0.4 is 18.9 Å². The van der Waals surface area contributed by atoms with Crippen LogP contribution in [-0.2, 0) is 20.0 Å². The van der Waals surface area contributed by atoms with Crippen LogP contribution in [0.4, 0.5) is 5.69 Å². The average molecular weight is 398 g/mol. The number of fused-ring (bicyclic) bond motifs is 1. The molecule has 0 saturated carbocycles. The first-order valence-electron chi connectivity index (χ1n) is 7.78. The summed E-state index contributed by atoms with van der Waals surface area (Å²) in [5.74, 6) is 0.879. The Kier molecular flexibility index (Phi) is 5.08. The molecule has 0 fully saturated rings. The number of hydrogen-bond acceptors (Lipinski definition) is 6. The first-order valence-corrected chi connectivity index (χ1v) is 10.7. The van der Waals surface area contributed by atoms with Crippen molar-refractivity contribution in [1.29, 1.82) is 0 Å². The van der Waals surface area contributed by atoms with Crippen molar-refractivity contribution >= 4 is 25.7 Å². The van der Waals surface area contributed by atoms with Crippen molar-refractivity contribution in [1.82, 2.24) is 4.72 Å². The zero-order valence-corrected chi connectivity index (χ0v) is 15.6. The quantitative estimate of drug-likeness (QED) is 0.791. The molecule has 0 bridgehead atoms. The van der Waals surface area contributed by atoms with Crippen LogP contribution in [0.5, 0.6) is 11.5 Å². The maximum Gasteiger partial charge on any atom is 0.262 e. The molecule has 0 spiro atoms. The Balaban J connectivity index is 1.84. The summed E-state index contributed by atoms with van der Waals surface area (Å²) in [4.78, 5) is 0.0622. The van der Waals surface area contributed by atoms with Crippen LogP contribution >= 0.6 is 0 Å². The van der Waals surface area contributed by atoms with Gasteiger partial charge in [0.05, 0.1) is 23.0 Å². The fraction of sp³-hybridized carbons (Fsp3) is 0.250. The minimum atomic E-state index is -3.86. The molecule has 1 aliphatic heterocycles. The molecule has 8 nitrogen and oxygen atoms in total. The summed E-state index contributed by atoms with van der Waals surface area (Å²) in [6.45, 7) is 0.963. The van der Waals surface area contributed by atoms with Gasteiger partial charge in [-0.3, -0.25) is 4.72 Å². The molecule has 3 rings (SSSR count). The van der Waals surface area contributed by atoms with Crippen LogP contribution in [0.3, 0.4) is 0 Å². The van der Waals surface area contributed by atoms with Gasteiger partial charge in [0.1, 0.15) is 0 Å². The molecule has 2 N–H and O–H groups in total. The summed E-state index contributed by atoms with van der Waals surface area (Å²) >= 11 is 0. The Morgan fingerprint density at radius 3 is 2.08 bits per heavy atom. The van der Waals surface area contributed by atoms with Crippen molar-refractivity contribution in [3.05, 3.63) is 42.5 Å². The summed E-state index contributed by atoms with van der Waals surface area (Å²) < 4.78 is 64.2. The molecule has 0 aromatic heterocycles. The molecular weight excluding hydrogens is 380 g/mol. The number of nitrogens with one attached hydrogen (secondary N) is 2. The van der Waals surface area contributed by atoms with Crippen molar-refractivity contribution in [3.8, 4) is 11.5 Å². The van der Waals surface area contributed by atoms with Gasteiger partial charge >= 0.3 is 0 Å². The summed E-state index contributed by atoms with van der Waals surface area (Å²) in [6, 6.07) is 9.78. The van der Waals surface area contributed by atoms with E-state index in [1.807, 2.05) is 0 Å². The first kappa shape index (κ1) is 18.5. The van der Waals surface area contributed by atoms with E-state index in [0.29, 0.717) is 24.7 Å². The molecule has 26 heavy (non-hydrogen) atoms. The van der Waals surface area contributed by atoms with E-state index in [4.69, 9.17) is 9.47 Å². The monoisotopic (exact) mass is 398 g/mol. The lowest BCUT2D eigenvalue weighted by Crippen LogP contribution is -2.18. The smallest absolute Gasteiger partial charge is 0.262 e. The van der Waals surface area contributed by atoms with E-state index in [1.54, 1.807) is 6.07 Å². The standard InChI is InChI=1S/C16H18N2O6S2/c1-17-25(19,20)13-5-3-12(4-6-13)18-26(21,22)14-7-8-15-16(11-14)24-10-2-9-23-15/h3-8,11,17-18H,2,9-10H2,1H3. The van der Waals surface area contributed by atoms with E-state index in [2.05, 4.69) is 9.44 Å². The third kappa shape index (κ3) is 3.92. The number of benzene rings is 2. The maximum atomic E-state index is 12.6. The van der Waals surface area contributed by atoms with Crippen LogP contribution in [0.1, 0.15) is 6.42 Å². The van der Waals surface area contributed by atoms with E-state index >= 15 is 0 Å². The highest BCUT2D eigenvalue weighted by Crippen LogP contribution is 2.32. The van der Waals surface area contributed by atoms with Crippen molar-refractivity contribution in [2.24, 2.45) is 0 Å². The maximum absolute atomic E-state index is 12.6. The largest absolute Gasteiger partial charge is 0.490 e. The van der Waals surface area contributed by atoms with Crippen LogP contribution in [0.25, 0.3) is 0 Å². The zero-order chi connectivity index (χ0) is 18.8. The second kappa shape index (κ2) is 7.14. The third-order valence-electron chi connectivity index (χ3n) is 3.71. The van der Waals surface area contributed by atoms with Crippen molar-refractivity contribution in [2.45, 2.75) is 16.2 Å². The van der Waals surface area contributed by atoms with Gasteiger partial charge in [0, 0.05) is 18.2 Å². The molecular formula is C16H18N2O6S2. The van der Waals surface area contributed by atoms with E-state index in [1.165, 1.54) is 43.4 Å². The normalized spacial score (nSPS) is 14.5. The average Bonchev–Trinajstić information content (AvgIpc) is 2.86. The van der Waals surface area contributed by atoms with Gasteiger partial charge in [0.2, 0.25) is 10.0 Å². The van der Waals surface area contributed by atoms with Crippen LogP contribution in [0.15, 0.2) is 52.3 Å². The van der Waals surface area contributed by atoms with Gasteiger partial charge in [0.25, 0.3) is 10.0 Å². The number of anilines is 1. The molecule has 1 heterocycles. The Bertz CT molecular complexity index is 1000. The molecule has 140 valence electrons. The van der Waals surface area contributed by atoms with E-state index < -0.39 is 20.0 Å². The number of hydrogen-bond donors (Lipinski definition) is 2. The molecule has 0 aliphatic carbocycles. The van der Waals surface area contributed by atoms with Gasteiger partial charge < -0.3 is 9.47 Å². The highest BCUT2D eigenvalue weighted by Gasteiger charge is 2.19. The molecule has 10 heteroatoms. The highest BCUT2D eigenvalue weighted by atomic mass is 32.2. The Hall–Kier alpha value is -2.30. The van der Waals surface area contributed by atoms with Crippen molar-refractivity contribution < 1.29 is 26.3 Å². The Labute approximate surface area is 152 Å². The van der Waals surface area contributed by atoms with Crippen LogP contribution in [0, 0.1) is 0 Å². The predicted octanol–water partition coefficient (Wildman–Crippen LogP) is 1.56. The molecule has 0 unspecified atom stereocenters. The van der Waals surface area contributed by atoms with Gasteiger partial charge in [0.15, 0.2) is 11.5 Å². The third-order valence-corrected chi connectivity index (χ3v) is 6.52. The molecule has 2 aromatic carbocycles. The molecule has 1 aliphatic rings. The minimum Gasteiger partial charge on any atom is -0.490 e. The lowest BCUT2D eigenvalue weighted by atomic mass is 10.3. The molecule has 0 amide bonds. The predicted molar refractivity (Wildman–Crippen MR) is 95.5 cm³/mol. The summed E-state index contributed by atoms with van der Waals surface area (Å²) in [5, 5.41) is 0. The second-order valence-corrected chi connectivity index (χ2v) is 9.07. The summed E-state index contributed by atoms with van der Waals surface area (Å²) in [5.41, 5.74) is 0.243. The fourth-order valence-electron chi connectivity index (χ4n) is 2.34. The van der Waals surface area contributed by atoms with Gasteiger partial charge in [-0.05, 0) is 43.4 Å². The fourth-order valence-corrected chi connectivity index (χ4v) is 4.15. The number of sulfonamides is 2. The van der Waals surface area contributed by atoms with E-state index in [-0.39, 0.29) is 15.5 Å². The SMILES string of the molecule is CNS(=O)(=O)c1ccc(NS(=O)(=O)c2ccc3c(c2)OCCCO3)cc1. The van der Waals surface area contributed by atoms with Crippen LogP contribution in [-0.4, -0.2) is 37.1 Å². The molecule has 0 radical (unpaired) electrons. The number of ether oxygens (including phenoxy) is 2. The minimum absolute atomic E-state index is 0.0219. The topological polar surface area (TPSA) is 111 Å². The van der Waals surface area contributed by atoms with Crippen LogP contribution in [0.2, 0.25) is 0 Å². The lowest BCUT2D eigenvalue weighted by Gasteiger charge is -2.12. The lowest BCUT2D eigenvalue weighted by molar-refractivity contribution is 0.297. The van der Waals surface area contributed by atoms with E-state index in [9.17, 15) is 16.8 Å². The number of rotatable bonds is 5. The van der Waals surface area contributed by atoms with Gasteiger partial charge in [-0.1, -0.05) is 0 Å². The first-order chi connectivity index (χ1) is 12.3. The molecule has 0 atom stereocenters. The highest BCUT2D eigenvalue weighted by molar-refractivity contribution is 7.92. The zero-order valence-electron chi connectivity index (χ0n) is 13.9. The summed E-state index contributed by atoms with van der Waals surface area (Å²) in [6.07, 6.45) is 0.719. The van der Waals surface area contributed by atoms with Crippen molar-refractivity contribution in [2.75, 3.05) is 25.0 Å². The van der Waals surface area contributed by atoms with Crippen molar-refractivity contribution in [3.63, 3.8) is 0 Å². The molecule has 2 aromatic rings. The van der Waals surface area contributed by atoms with E-state index in [0.717, 1.165) is 6.42 Å². The summed E-state index contributed by atoms with van der Waals surface area (Å²) in [7, 11) is -6.14. The molecule has 0 saturated heterocycles. The Morgan fingerprint density at radius 2 is 1.42 bits per heavy atom. The second-order valence-electron chi connectivity index (χ2n) is 5.50. The Morgan fingerprint density at radius 1 is 0.808 bits per heavy atom. The van der Waals surface area contributed by atoms with Gasteiger partial charge in [-0.25, -0.2) is 21.6 Å². The van der Waals surface area contributed by atoms with Gasteiger partial charge in [-0.2, -0.15) is 0 Å².